The monoisotopic (exact) mass is 481 g/mol. The van der Waals surface area contributed by atoms with Gasteiger partial charge < -0.3 is 14.6 Å². The first-order valence-corrected chi connectivity index (χ1v) is 12.5. The Morgan fingerprint density at radius 1 is 1.11 bits per heavy atom. The largest absolute Gasteiger partial charge is 0.478 e. The number of carboxylic acids is 1. The van der Waals surface area contributed by atoms with Gasteiger partial charge in [0.05, 0.1) is 11.3 Å². The molecule has 3 aromatic rings. The Bertz CT molecular complexity index is 1250. The van der Waals surface area contributed by atoms with Crippen molar-refractivity contribution in [3.8, 4) is 11.3 Å². The van der Waals surface area contributed by atoms with Gasteiger partial charge in [-0.25, -0.2) is 13.6 Å². The van der Waals surface area contributed by atoms with Crippen molar-refractivity contribution >= 4 is 16.9 Å². The third kappa shape index (κ3) is 4.59. The van der Waals surface area contributed by atoms with Crippen molar-refractivity contribution in [1.29, 1.82) is 0 Å². The van der Waals surface area contributed by atoms with Crippen LogP contribution in [0.25, 0.3) is 22.2 Å². The van der Waals surface area contributed by atoms with Crippen LogP contribution in [0.2, 0.25) is 0 Å². The van der Waals surface area contributed by atoms with Crippen LogP contribution in [0, 0.1) is 5.82 Å². The summed E-state index contributed by atoms with van der Waals surface area (Å²) in [5, 5.41) is 10.6. The van der Waals surface area contributed by atoms with Crippen LogP contribution < -0.4 is 0 Å². The van der Waals surface area contributed by atoms with Crippen molar-refractivity contribution in [2.75, 3.05) is 33.7 Å². The molecule has 1 aliphatic heterocycles. The molecule has 2 aromatic carbocycles. The van der Waals surface area contributed by atoms with E-state index in [1.165, 1.54) is 6.07 Å². The normalized spacial score (nSPS) is 20.9. The second-order valence-corrected chi connectivity index (χ2v) is 10.2. The summed E-state index contributed by atoms with van der Waals surface area (Å²) in [7, 11) is 4.09. The van der Waals surface area contributed by atoms with Gasteiger partial charge in [0, 0.05) is 55.1 Å². The summed E-state index contributed by atoms with van der Waals surface area (Å²) in [6.07, 6.45) is 2.14. The Kier molecular flexibility index (Phi) is 6.64. The zero-order valence-corrected chi connectivity index (χ0v) is 20.4. The highest BCUT2D eigenvalue weighted by atomic mass is 19.1. The van der Waals surface area contributed by atoms with E-state index in [4.69, 9.17) is 0 Å². The predicted octanol–water partition coefficient (Wildman–Crippen LogP) is 5.52. The summed E-state index contributed by atoms with van der Waals surface area (Å²) < 4.78 is 32.2. The highest BCUT2D eigenvalue weighted by Gasteiger charge is 2.34. The highest BCUT2D eigenvalue weighted by Crippen LogP contribution is 2.46. The van der Waals surface area contributed by atoms with E-state index in [1.54, 1.807) is 18.2 Å². The number of rotatable bonds is 5. The summed E-state index contributed by atoms with van der Waals surface area (Å²) in [5.74, 6) is -1.59. The van der Waals surface area contributed by atoms with E-state index >= 15 is 4.39 Å². The molecule has 0 unspecified atom stereocenters. The van der Waals surface area contributed by atoms with Crippen molar-refractivity contribution in [3.05, 3.63) is 58.9 Å². The third-order valence-electron chi connectivity index (χ3n) is 7.63. The summed E-state index contributed by atoms with van der Waals surface area (Å²) in [5.41, 5.74) is 4.57. The number of benzene rings is 2. The topological polar surface area (TPSA) is 48.7 Å². The summed E-state index contributed by atoms with van der Waals surface area (Å²) in [6.45, 7) is 3.84. The van der Waals surface area contributed by atoms with Gasteiger partial charge in [-0.3, -0.25) is 4.90 Å². The Morgan fingerprint density at radius 3 is 2.66 bits per heavy atom. The summed E-state index contributed by atoms with van der Waals surface area (Å²) in [4.78, 5) is 16.3. The molecule has 1 N–H and O–H groups in total. The number of hydrogen-bond acceptors (Lipinski definition) is 3. The van der Waals surface area contributed by atoms with Crippen molar-refractivity contribution in [3.63, 3.8) is 0 Å². The van der Waals surface area contributed by atoms with Gasteiger partial charge in [0.25, 0.3) is 0 Å². The second-order valence-electron chi connectivity index (χ2n) is 10.2. The summed E-state index contributed by atoms with van der Waals surface area (Å²) >= 11 is 0. The van der Waals surface area contributed by atoms with Crippen LogP contribution in [0.15, 0.2) is 36.4 Å². The maximum absolute atomic E-state index is 15.4. The number of carbonyl (C=O) groups is 1. The molecule has 1 aromatic heterocycles. The SMILES string of the molecule is CN(C)CCN1CCn2c(c([C@H]3CCCC[C@@H]3F)c3ccc(C(=O)O)cc32)-c2cc(F)ccc2C1. The van der Waals surface area contributed by atoms with E-state index in [1.807, 2.05) is 26.2 Å². The maximum atomic E-state index is 15.4. The van der Waals surface area contributed by atoms with Gasteiger partial charge in [0.1, 0.15) is 12.0 Å². The zero-order valence-electron chi connectivity index (χ0n) is 20.4. The fraction of sp³-hybridized carbons (Fsp3) is 0.464. The van der Waals surface area contributed by atoms with Gasteiger partial charge in [0.2, 0.25) is 0 Å². The fourth-order valence-corrected chi connectivity index (χ4v) is 5.82. The molecule has 2 aliphatic rings. The molecular weight excluding hydrogens is 448 g/mol. The number of aromatic nitrogens is 1. The molecule has 1 aliphatic carbocycles. The Hall–Kier alpha value is -2.77. The minimum atomic E-state index is -0.991. The molecule has 1 fully saturated rings. The number of nitrogens with zero attached hydrogens (tertiary/aromatic N) is 3. The lowest BCUT2D eigenvalue weighted by molar-refractivity contribution is 0.0697. The molecule has 0 spiro atoms. The maximum Gasteiger partial charge on any atom is 0.335 e. The standard InChI is InChI=1S/C28H33F2N3O2/c1-31(2)11-12-32-13-14-33-25-15-18(28(34)35)8-10-22(25)26(21-5-3-4-6-24(21)30)27(33)23-16-20(29)9-7-19(23)17-32/h7-10,15-16,21,24H,3-6,11-14,17H2,1-2H3,(H,34,35)/t21-,24-/m0/s1. The van der Waals surface area contributed by atoms with Crippen molar-refractivity contribution < 1.29 is 18.7 Å². The number of fused-ring (bicyclic) bond motifs is 5. The molecule has 7 heteroatoms. The number of hydrogen-bond donors (Lipinski definition) is 1. The van der Waals surface area contributed by atoms with Crippen molar-refractivity contribution in [2.24, 2.45) is 0 Å². The first-order valence-electron chi connectivity index (χ1n) is 12.5. The molecule has 0 saturated heterocycles. The van der Waals surface area contributed by atoms with Crippen LogP contribution >= 0.6 is 0 Å². The minimum absolute atomic E-state index is 0.204. The molecule has 35 heavy (non-hydrogen) atoms. The van der Waals surface area contributed by atoms with Gasteiger partial charge in [-0.15, -0.1) is 0 Å². The average molecular weight is 482 g/mol. The molecule has 0 amide bonds. The lowest BCUT2D eigenvalue weighted by atomic mass is 9.80. The first kappa shape index (κ1) is 23.9. The molecule has 2 atom stereocenters. The van der Waals surface area contributed by atoms with Crippen molar-refractivity contribution in [2.45, 2.75) is 50.9 Å². The van der Waals surface area contributed by atoms with Crippen LogP contribution in [0.4, 0.5) is 8.78 Å². The molecule has 0 bridgehead atoms. The number of halogens is 2. The van der Waals surface area contributed by atoms with E-state index < -0.39 is 12.1 Å². The molecule has 2 heterocycles. The smallest absolute Gasteiger partial charge is 0.335 e. The number of aromatic carboxylic acids is 1. The Balaban J connectivity index is 1.76. The fourth-order valence-electron chi connectivity index (χ4n) is 5.82. The molecule has 0 radical (unpaired) electrons. The Morgan fingerprint density at radius 2 is 1.91 bits per heavy atom. The minimum Gasteiger partial charge on any atom is -0.478 e. The quantitative estimate of drug-likeness (QED) is 0.522. The van der Waals surface area contributed by atoms with Crippen LogP contribution in [-0.4, -0.2) is 65.3 Å². The van der Waals surface area contributed by atoms with Crippen LogP contribution in [0.3, 0.4) is 0 Å². The molecular formula is C28H33F2N3O2. The molecule has 5 rings (SSSR count). The summed E-state index contributed by atoms with van der Waals surface area (Å²) in [6, 6.07) is 10.1. The number of carboxylic acid groups (broad SMARTS) is 1. The van der Waals surface area contributed by atoms with Crippen molar-refractivity contribution in [1.82, 2.24) is 14.4 Å². The van der Waals surface area contributed by atoms with Gasteiger partial charge in [-0.2, -0.15) is 0 Å². The first-order chi connectivity index (χ1) is 16.8. The zero-order chi connectivity index (χ0) is 24.7. The van der Waals surface area contributed by atoms with Gasteiger partial charge in [-0.1, -0.05) is 25.0 Å². The molecule has 1 saturated carbocycles. The van der Waals surface area contributed by atoms with Gasteiger partial charge >= 0.3 is 5.97 Å². The highest BCUT2D eigenvalue weighted by molar-refractivity contribution is 5.98. The third-order valence-corrected chi connectivity index (χ3v) is 7.63. The number of alkyl halides is 1. The second kappa shape index (κ2) is 9.70. The number of likely N-dealkylation sites (N-methyl/N-ethyl adjacent to an activating group) is 1. The van der Waals surface area contributed by atoms with E-state index in [-0.39, 0.29) is 17.3 Å². The van der Waals surface area contributed by atoms with Crippen LogP contribution in [0.5, 0.6) is 0 Å². The lowest BCUT2D eigenvalue weighted by Gasteiger charge is -2.31. The van der Waals surface area contributed by atoms with Gasteiger partial charge in [-0.05, 0) is 62.3 Å². The van der Waals surface area contributed by atoms with Gasteiger partial charge in [0.15, 0.2) is 0 Å². The van der Waals surface area contributed by atoms with E-state index in [0.29, 0.717) is 19.5 Å². The van der Waals surface area contributed by atoms with Crippen LogP contribution in [0.1, 0.15) is 53.1 Å². The van der Waals surface area contributed by atoms with Crippen LogP contribution in [-0.2, 0) is 13.1 Å². The lowest BCUT2D eigenvalue weighted by Crippen LogP contribution is -2.35. The van der Waals surface area contributed by atoms with E-state index in [0.717, 1.165) is 72.2 Å². The van der Waals surface area contributed by atoms with E-state index in [2.05, 4.69) is 14.4 Å². The Labute approximate surface area is 204 Å². The predicted molar refractivity (Wildman–Crippen MR) is 134 cm³/mol. The average Bonchev–Trinajstić information content (AvgIpc) is 3.13. The molecule has 5 nitrogen and oxygen atoms in total. The van der Waals surface area contributed by atoms with E-state index in [9.17, 15) is 14.3 Å². The molecule has 186 valence electrons.